The van der Waals surface area contributed by atoms with Gasteiger partial charge in [0.2, 0.25) is 0 Å². The Morgan fingerprint density at radius 3 is 2.50 bits per heavy atom. The SMILES string of the molecule is COc1ccccc1CC(F)(CN)C(C)C. The molecule has 1 unspecified atom stereocenters. The van der Waals surface area contributed by atoms with E-state index in [0.717, 1.165) is 11.3 Å². The van der Waals surface area contributed by atoms with E-state index in [2.05, 4.69) is 0 Å². The van der Waals surface area contributed by atoms with Gasteiger partial charge in [-0.1, -0.05) is 32.0 Å². The molecule has 3 heteroatoms. The van der Waals surface area contributed by atoms with Crippen LogP contribution in [0.3, 0.4) is 0 Å². The van der Waals surface area contributed by atoms with Crippen molar-refractivity contribution in [3.8, 4) is 5.75 Å². The summed E-state index contributed by atoms with van der Waals surface area (Å²) in [5, 5.41) is 0. The van der Waals surface area contributed by atoms with E-state index in [0.29, 0.717) is 6.42 Å². The van der Waals surface area contributed by atoms with Crippen LogP contribution in [-0.2, 0) is 6.42 Å². The fourth-order valence-corrected chi connectivity index (χ4v) is 1.68. The number of nitrogens with two attached hydrogens (primary N) is 1. The van der Waals surface area contributed by atoms with Gasteiger partial charge in [0.1, 0.15) is 11.4 Å². The average molecular weight is 225 g/mol. The Bertz CT molecular complexity index is 340. The number of para-hydroxylation sites is 1. The van der Waals surface area contributed by atoms with Crippen LogP contribution in [0.5, 0.6) is 5.75 Å². The van der Waals surface area contributed by atoms with Crippen LogP contribution >= 0.6 is 0 Å². The van der Waals surface area contributed by atoms with Crippen molar-refractivity contribution in [3.05, 3.63) is 29.8 Å². The number of halogens is 1. The molecule has 2 nitrogen and oxygen atoms in total. The van der Waals surface area contributed by atoms with E-state index in [4.69, 9.17) is 10.5 Å². The quantitative estimate of drug-likeness (QED) is 0.836. The standard InChI is InChI=1S/C13H20FNO/c1-10(2)13(14,9-15)8-11-6-4-5-7-12(11)16-3/h4-7,10H,8-9,15H2,1-3H3. The maximum Gasteiger partial charge on any atom is 0.129 e. The van der Waals surface area contributed by atoms with E-state index >= 15 is 0 Å². The van der Waals surface area contributed by atoms with E-state index in [1.807, 2.05) is 38.1 Å². The Morgan fingerprint density at radius 2 is 2.00 bits per heavy atom. The molecular formula is C13H20FNO. The average Bonchev–Trinajstić information content (AvgIpc) is 2.29. The van der Waals surface area contributed by atoms with Crippen LogP contribution in [0.4, 0.5) is 4.39 Å². The highest BCUT2D eigenvalue weighted by Gasteiger charge is 2.33. The van der Waals surface area contributed by atoms with Crippen molar-refractivity contribution in [1.82, 2.24) is 0 Å². The van der Waals surface area contributed by atoms with Gasteiger partial charge in [-0.25, -0.2) is 4.39 Å². The number of hydrogen-bond acceptors (Lipinski definition) is 2. The molecule has 2 N–H and O–H groups in total. The van der Waals surface area contributed by atoms with Gasteiger partial charge < -0.3 is 10.5 Å². The maximum atomic E-state index is 14.5. The molecule has 0 aromatic heterocycles. The van der Waals surface area contributed by atoms with Crippen molar-refractivity contribution in [3.63, 3.8) is 0 Å². The molecule has 90 valence electrons. The summed E-state index contributed by atoms with van der Waals surface area (Å²) in [7, 11) is 1.59. The van der Waals surface area contributed by atoms with Gasteiger partial charge in [0.05, 0.1) is 7.11 Å². The molecule has 0 saturated carbocycles. The summed E-state index contributed by atoms with van der Waals surface area (Å²) < 4.78 is 19.7. The Balaban J connectivity index is 2.94. The predicted octanol–water partition coefficient (Wildman–Crippen LogP) is 2.56. The number of alkyl halides is 1. The molecule has 0 heterocycles. The Labute approximate surface area is 96.6 Å². The normalized spacial score (nSPS) is 14.9. The zero-order chi connectivity index (χ0) is 12.2. The minimum absolute atomic E-state index is 0.0305. The van der Waals surface area contributed by atoms with E-state index in [1.54, 1.807) is 7.11 Å². The molecule has 16 heavy (non-hydrogen) atoms. The number of methoxy groups -OCH3 is 1. The summed E-state index contributed by atoms with van der Waals surface area (Å²) >= 11 is 0. The summed E-state index contributed by atoms with van der Waals surface area (Å²) in [5.74, 6) is 0.612. The third kappa shape index (κ3) is 2.73. The Kier molecular flexibility index (Phi) is 4.30. The Hall–Kier alpha value is -1.09. The maximum absolute atomic E-state index is 14.5. The molecule has 0 amide bonds. The van der Waals surface area contributed by atoms with Crippen LogP contribution in [0.1, 0.15) is 19.4 Å². The van der Waals surface area contributed by atoms with Gasteiger partial charge in [0.25, 0.3) is 0 Å². The molecule has 1 aromatic carbocycles. The molecule has 0 fully saturated rings. The first-order chi connectivity index (χ1) is 7.53. The van der Waals surface area contributed by atoms with Crippen molar-refractivity contribution in [2.45, 2.75) is 25.9 Å². The van der Waals surface area contributed by atoms with Gasteiger partial charge in [-0.15, -0.1) is 0 Å². The lowest BCUT2D eigenvalue weighted by Crippen LogP contribution is -2.40. The van der Waals surface area contributed by atoms with Gasteiger partial charge in [-0.2, -0.15) is 0 Å². The first-order valence-electron chi connectivity index (χ1n) is 5.54. The lowest BCUT2D eigenvalue weighted by atomic mass is 9.86. The number of ether oxygens (including phenoxy) is 1. The molecule has 1 aromatic rings. The Morgan fingerprint density at radius 1 is 1.38 bits per heavy atom. The van der Waals surface area contributed by atoms with Crippen LogP contribution in [0.2, 0.25) is 0 Å². The van der Waals surface area contributed by atoms with Gasteiger partial charge in [0.15, 0.2) is 0 Å². The lowest BCUT2D eigenvalue weighted by Gasteiger charge is -2.28. The molecule has 0 bridgehead atoms. The van der Waals surface area contributed by atoms with E-state index < -0.39 is 5.67 Å². The minimum atomic E-state index is -1.37. The van der Waals surface area contributed by atoms with Crippen molar-refractivity contribution in [2.24, 2.45) is 11.7 Å². The van der Waals surface area contributed by atoms with Gasteiger partial charge in [0, 0.05) is 13.0 Å². The molecule has 0 spiro atoms. The second-order valence-electron chi connectivity index (χ2n) is 4.38. The second kappa shape index (κ2) is 5.30. The molecule has 1 rings (SSSR count). The first-order valence-corrected chi connectivity index (χ1v) is 5.54. The zero-order valence-electron chi connectivity index (χ0n) is 10.2. The third-order valence-electron chi connectivity index (χ3n) is 3.05. The predicted molar refractivity (Wildman–Crippen MR) is 64.4 cm³/mol. The fraction of sp³-hybridized carbons (Fsp3) is 0.538. The highest BCUT2D eigenvalue weighted by atomic mass is 19.1. The molecular weight excluding hydrogens is 205 g/mol. The lowest BCUT2D eigenvalue weighted by molar-refractivity contribution is 0.109. The molecule has 0 radical (unpaired) electrons. The van der Waals surface area contributed by atoms with Crippen LogP contribution in [0.25, 0.3) is 0 Å². The van der Waals surface area contributed by atoms with Crippen molar-refractivity contribution in [1.29, 1.82) is 0 Å². The second-order valence-corrected chi connectivity index (χ2v) is 4.38. The zero-order valence-corrected chi connectivity index (χ0v) is 10.2. The van der Waals surface area contributed by atoms with Crippen molar-refractivity contribution < 1.29 is 9.13 Å². The summed E-state index contributed by atoms with van der Waals surface area (Å²) in [6, 6.07) is 7.48. The number of hydrogen-bond donors (Lipinski definition) is 1. The monoisotopic (exact) mass is 225 g/mol. The number of rotatable bonds is 5. The first kappa shape index (κ1) is 13.0. The summed E-state index contributed by atoms with van der Waals surface area (Å²) in [5.41, 5.74) is 5.03. The molecule has 0 aliphatic carbocycles. The van der Waals surface area contributed by atoms with E-state index in [-0.39, 0.29) is 12.5 Å². The highest BCUT2D eigenvalue weighted by Crippen LogP contribution is 2.29. The van der Waals surface area contributed by atoms with E-state index in [1.165, 1.54) is 0 Å². The summed E-state index contributed by atoms with van der Waals surface area (Å²) in [6.07, 6.45) is 0.297. The van der Waals surface area contributed by atoms with Crippen molar-refractivity contribution in [2.75, 3.05) is 13.7 Å². The fourth-order valence-electron chi connectivity index (χ4n) is 1.68. The highest BCUT2D eigenvalue weighted by molar-refractivity contribution is 5.34. The van der Waals surface area contributed by atoms with Gasteiger partial charge in [-0.3, -0.25) is 0 Å². The topological polar surface area (TPSA) is 35.2 Å². The molecule has 0 aliphatic heterocycles. The molecule has 0 aliphatic rings. The summed E-state index contributed by atoms with van der Waals surface area (Å²) in [6.45, 7) is 3.73. The van der Waals surface area contributed by atoms with Crippen molar-refractivity contribution >= 4 is 0 Å². The van der Waals surface area contributed by atoms with Gasteiger partial charge in [-0.05, 0) is 17.5 Å². The van der Waals surface area contributed by atoms with Gasteiger partial charge >= 0.3 is 0 Å². The molecule has 1 atom stereocenters. The van der Waals surface area contributed by atoms with Crippen LogP contribution in [-0.4, -0.2) is 19.3 Å². The third-order valence-corrected chi connectivity index (χ3v) is 3.05. The number of benzene rings is 1. The van der Waals surface area contributed by atoms with E-state index in [9.17, 15) is 4.39 Å². The molecule has 0 saturated heterocycles. The largest absolute Gasteiger partial charge is 0.496 e. The summed E-state index contributed by atoms with van der Waals surface area (Å²) in [4.78, 5) is 0. The van der Waals surface area contributed by atoms with Crippen LogP contribution in [0, 0.1) is 5.92 Å². The van der Waals surface area contributed by atoms with Crippen LogP contribution < -0.4 is 10.5 Å². The van der Waals surface area contributed by atoms with Crippen LogP contribution in [0.15, 0.2) is 24.3 Å². The minimum Gasteiger partial charge on any atom is -0.496 e. The smallest absolute Gasteiger partial charge is 0.129 e.